The summed E-state index contributed by atoms with van der Waals surface area (Å²) in [5, 5.41) is 6.28. The molecule has 5 aromatic rings. The number of nitrogens with one attached hydrogen (secondary N) is 2. The van der Waals surface area contributed by atoms with Crippen LogP contribution in [-0.4, -0.2) is 26.1 Å². The third-order valence-electron chi connectivity index (χ3n) is 7.16. The molecule has 0 radical (unpaired) electrons. The van der Waals surface area contributed by atoms with Crippen LogP contribution in [0, 0.1) is 0 Å². The fourth-order valence-electron chi connectivity index (χ4n) is 5.15. The van der Waals surface area contributed by atoms with E-state index >= 15 is 0 Å². The van der Waals surface area contributed by atoms with Crippen molar-refractivity contribution in [1.29, 1.82) is 0 Å². The van der Waals surface area contributed by atoms with E-state index in [9.17, 15) is 13.2 Å². The molecular formula is C36H35N2O3PS. The van der Waals surface area contributed by atoms with Gasteiger partial charge < -0.3 is 5.32 Å². The molecular weight excluding hydrogens is 571 g/mol. The van der Waals surface area contributed by atoms with E-state index in [2.05, 4.69) is 34.3 Å². The van der Waals surface area contributed by atoms with Crippen molar-refractivity contribution in [2.75, 3.05) is 5.75 Å². The monoisotopic (exact) mass is 606 g/mol. The second-order valence-corrected chi connectivity index (χ2v) is 14.4. The molecule has 0 aliphatic carbocycles. The number of carbonyl (C=O) groups excluding carboxylic acids is 1. The van der Waals surface area contributed by atoms with E-state index in [0.29, 0.717) is 12.0 Å². The topological polar surface area (TPSA) is 75.3 Å². The fourth-order valence-corrected chi connectivity index (χ4v) is 9.10. The average molecular weight is 607 g/mol. The van der Waals surface area contributed by atoms with E-state index in [1.54, 1.807) is 0 Å². The second-order valence-electron chi connectivity index (χ2n) is 10.4. The van der Waals surface area contributed by atoms with Crippen molar-refractivity contribution in [2.24, 2.45) is 0 Å². The van der Waals surface area contributed by atoms with Gasteiger partial charge in [-0.15, -0.1) is 0 Å². The van der Waals surface area contributed by atoms with Crippen LogP contribution in [0.5, 0.6) is 0 Å². The van der Waals surface area contributed by atoms with Gasteiger partial charge in [-0.2, -0.15) is 0 Å². The Balaban J connectivity index is 1.44. The van der Waals surface area contributed by atoms with Crippen molar-refractivity contribution in [1.82, 2.24) is 10.0 Å². The highest BCUT2D eigenvalue weighted by molar-refractivity contribution is 7.89. The van der Waals surface area contributed by atoms with Crippen LogP contribution in [0.15, 0.2) is 146 Å². The van der Waals surface area contributed by atoms with Crippen LogP contribution in [0.2, 0.25) is 0 Å². The molecule has 2 N–H and O–H groups in total. The highest BCUT2D eigenvalue weighted by Crippen LogP contribution is 2.34. The zero-order chi connectivity index (χ0) is 30.1. The first kappa shape index (κ1) is 30.4. The molecule has 0 heterocycles. The molecule has 0 aliphatic heterocycles. The average Bonchev–Trinajstić information content (AvgIpc) is 3.03. The number of rotatable bonds is 12. The summed E-state index contributed by atoms with van der Waals surface area (Å²) in [6.45, 7) is 1.82. The molecule has 0 fully saturated rings. The largest absolute Gasteiger partial charge is 0.348 e. The predicted molar refractivity (Wildman–Crippen MR) is 178 cm³/mol. The molecule has 5 rings (SSSR count). The summed E-state index contributed by atoms with van der Waals surface area (Å²) in [7, 11) is -4.78. The number of benzene rings is 5. The minimum absolute atomic E-state index is 0.251. The predicted octanol–water partition coefficient (Wildman–Crippen LogP) is 5.47. The zero-order valence-electron chi connectivity index (χ0n) is 24.0. The van der Waals surface area contributed by atoms with Crippen LogP contribution in [0.1, 0.15) is 34.5 Å². The molecule has 0 aliphatic rings. The fraction of sp³-hybridized carbons (Fsp3) is 0.139. The maximum atomic E-state index is 14.0. The first-order valence-corrected chi connectivity index (χ1v) is 17.3. The van der Waals surface area contributed by atoms with E-state index < -0.39 is 30.0 Å². The summed E-state index contributed by atoms with van der Waals surface area (Å²) in [5.41, 5.74) is 2.37. The van der Waals surface area contributed by atoms with Crippen LogP contribution in [0.25, 0.3) is 0 Å². The summed E-state index contributed by atoms with van der Waals surface area (Å²) >= 11 is 0. The summed E-state index contributed by atoms with van der Waals surface area (Å²) in [6, 6.07) is 46.1. The van der Waals surface area contributed by atoms with Crippen LogP contribution >= 0.6 is 7.92 Å². The highest BCUT2D eigenvalue weighted by Gasteiger charge is 2.27. The van der Waals surface area contributed by atoms with Gasteiger partial charge in [0, 0.05) is 17.6 Å². The van der Waals surface area contributed by atoms with Gasteiger partial charge in [-0.25, -0.2) is 13.1 Å². The number of sulfonamides is 1. The lowest BCUT2D eigenvalue weighted by Gasteiger charge is -2.24. The van der Waals surface area contributed by atoms with Crippen molar-refractivity contribution >= 4 is 39.8 Å². The minimum atomic E-state index is -3.75. The van der Waals surface area contributed by atoms with Crippen molar-refractivity contribution in [3.05, 3.63) is 162 Å². The van der Waals surface area contributed by atoms with Crippen LogP contribution in [0.3, 0.4) is 0 Å². The molecule has 2 atom stereocenters. The van der Waals surface area contributed by atoms with Crippen molar-refractivity contribution in [3.8, 4) is 0 Å². The zero-order valence-corrected chi connectivity index (χ0v) is 25.7. The van der Waals surface area contributed by atoms with E-state index in [-0.39, 0.29) is 11.7 Å². The minimum Gasteiger partial charge on any atom is -0.348 e. The Bertz CT molecular complexity index is 1680. The van der Waals surface area contributed by atoms with Gasteiger partial charge in [-0.3, -0.25) is 4.79 Å². The van der Waals surface area contributed by atoms with Gasteiger partial charge in [-0.1, -0.05) is 140 Å². The first-order valence-electron chi connectivity index (χ1n) is 14.3. The number of hydrogen-bond acceptors (Lipinski definition) is 3. The summed E-state index contributed by atoms with van der Waals surface area (Å²) in [4.78, 5) is 14.0. The third-order valence-corrected chi connectivity index (χ3v) is 11.2. The molecule has 1 amide bonds. The second kappa shape index (κ2) is 14.4. The van der Waals surface area contributed by atoms with E-state index in [4.69, 9.17) is 0 Å². The Morgan fingerprint density at radius 3 is 1.74 bits per heavy atom. The van der Waals surface area contributed by atoms with Crippen LogP contribution in [-0.2, 0) is 16.4 Å². The van der Waals surface area contributed by atoms with Gasteiger partial charge >= 0.3 is 0 Å². The smallest absolute Gasteiger partial charge is 0.252 e. The number of amides is 1. The van der Waals surface area contributed by atoms with Gasteiger partial charge in [0.2, 0.25) is 10.0 Å². The molecule has 0 bridgehead atoms. The first-order chi connectivity index (χ1) is 20.9. The Morgan fingerprint density at radius 1 is 0.674 bits per heavy atom. The van der Waals surface area contributed by atoms with Gasteiger partial charge in [0.25, 0.3) is 5.91 Å². The summed E-state index contributed by atoms with van der Waals surface area (Å²) in [5.74, 6) is -0.541. The molecule has 0 saturated carbocycles. The van der Waals surface area contributed by atoms with Gasteiger partial charge in [-0.05, 0) is 54.4 Å². The number of carbonyl (C=O) groups is 1. The number of hydrogen-bond donors (Lipinski definition) is 2. The Kier molecular flexibility index (Phi) is 10.2. The maximum Gasteiger partial charge on any atom is 0.252 e. The van der Waals surface area contributed by atoms with Gasteiger partial charge in [0.1, 0.15) is 0 Å². The van der Waals surface area contributed by atoms with Crippen molar-refractivity contribution < 1.29 is 13.2 Å². The normalized spacial score (nSPS) is 12.9. The molecule has 0 aromatic heterocycles. The third kappa shape index (κ3) is 8.26. The van der Waals surface area contributed by atoms with Gasteiger partial charge in [0.15, 0.2) is 0 Å². The molecule has 43 heavy (non-hydrogen) atoms. The Labute approximate surface area is 255 Å². The van der Waals surface area contributed by atoms with Crippen molar-refractivity contribution in [3.63, 3.8) is 0 Å². The molecule has 0 spiro atoms. The van der Waals surface area contributed by atoms with E-state index in [1.165, 1.54) is 0 Å². The lowest BCUT2D eigenvalue weighted by molar-refractivity contribution is 0.0942. The maximum absolute atomic E-state index is 14.0. The molecule has 5 nitrogen and oxygen atoms in total. The summed E-state index contributed by atoms with van der Waals surface area (Å²) < 4.78 is 29.6. The summed E-state index contributed by atoms with van der Waals surface area (Å²) in [6.07, 6.45) is 0.376. The van der Waals surface area contributed by atoms with Crippen LogP contribution < -0.4 is 26.0 Å². The van der Waals surface area contributed by atoms with Crippen LogP contribution in [0.4, 0.5) is 0 Å². The van der Waals surface area contributed by atoms with Crippen molar-refractivity contribution in [2.45, 2.75) is 25.4 Å². The SMILES string of the molecule is C[C@H](NS(=O)(=O)C[C@H](Cc1ccccc1)NC(=O)c1ccccc1P(c1ccccc1)c1ccccc1)c1ccccc1. The molecule has 5 aromatic carbocycles. The van der Waals surface area contributed by atoms with E-state index in [0.717, 1.165) is 27.0 Å². The Morgan fingerprint density at radius 2 is 1.16 bits per heavy atom. The highest BCUT2D eigenvalue weighted by atomic mass is 32.2. The molecule has 0 saturated heterocycles. The quantitative estimate of drug-likeness (QED) is 0.185. The lowest BCUT2D eigenvalue weighted by atomic mass is 10.1. The Hall–Kier alpha value is -4.09. The molecule has 218 valence electrons. The lowest BCUT2D eigenvalue weighted by Crippen LogP contribution is -2.45. The van der Waals surface area contributed by atoms with Gasteiger partial charge in [0.05, 0.1) is 5.75 Å². The molecule has 0 unspecified atom stereocenters. The van der Waals surface area contributed by atoms with E-state index in [1.807, 2.05) is 128 Å². The standard InChI is InChI=1S/C36H35N2O3PS/c1-28(30-18-8-3-9-19-30)38-43(40,41)27-31(26-29-16-6-2-7-17-29)37-36(39)34-24-14-15-25-35(34)42(32-20-10-4-11-21-32)33-22-12-5-13-23-33/h2-25,28,31,38H,26-27H2,1H3,(H,37,39)/t28-,31-/m0/s1. The molecule has 7 heteroatoms.